The molecule has 1 heterocycles. The number of carbonyl (C=O) groups excluding carboxylic acids is 2. The van der Waals surface area contributed by atoms with Crippen molar-refractivity contribution >= 4 is 18.2 Å². The highest BCUT2D eigenvalue weighted by molar-refractivity contribution is 5.77. The number of carboxylic acid groups (broad SMARTS) is 1. The van der Waals surface area contributed by atoms with Gasteiger partial charge in [0, 0.05) is 25.6 Å². The lowest BCUT2D eigenvalue weighted by atomic mass is 9.97. The Morgan fingerprint density at radius 3 is 2.35 bits per heavy atom. The number of ether oxygens (including phenoxy) is 2. The first-order valence-electron chi connectivity index (χ1n) is 8.16. The van der Waals surface area contributed by atoms with Crippen LogP contribution in [0.15, 0.2) is 0 Å². The predicted octanol–water partition coefficient (Wildman–Crippen LogP) is 0.958. The summed E-state index contributed by atoms with van der Waals surface area (Å²) in [4.78, 5) is 34.9. The molecule has 0 radical (unpaired) electrons. The average molecular weight is 329 g/mol. The third-order valence-electron chi connectivity index (χ3n) is 3.98. The van der Waals surface area contributed by atoms with E-state index in [-0.39, 0.29) is 17.7 Å². The summed E-state index contributed by atoms with van der Waals surface area (Å²) in [6.45, 7) is 4.60. The summed E-state index contributed by atoms with van der Waals surface area (Å²) in [6.07, 6.45) is 2.96. The molecular formula is C16H27NO6. The minimum Gasteiger partial charge on any atom is -0.481 e. The van der Waals surface area contributed by atoms with Gasteiger partial charge < -0.3 is 24.3 Å². The van der Waals surface area contributed by atoms with Crippen molar-refractivity contribution in [3.05, 3.63) is 0 Å². The number of nitrogens with zero attached hydrogens (tertiary/aromatic N) is 1. The van der Waals surface area contributed by atoms with Gasteiger partial charge in [-0.2, -0.15) is 0 Å². The molecule has 1 rings (SSSR count). The molecule has 1 saturated heterocycles. The zero-order valence-corrected chi connectivity index (χ0v) is 13.7. The summed E-state index contributed by atoms with van der Waals surface area (Å²) in [5.74, 6) is -1.08. The van der Waals surface area contributed by atoms with Crippen LogP contribution in [0.2, 0.25) is 0 Å². The van der Waals surface area contributed by atoms with Crippen LogP contribution in [-0.2, 0) is 23.9 Å². The van der Waals surface area contributed by atoms with Crippen LogP contribution in [-0.4, -0.2) is 67.7 Å². The van der Waals surface area contributed by atoms with Crippen molar-refractivity contribution in [2.24, 2.45) is 11.8 Å². The number of aliphatic carboxylic acids is 1. The number of piperidine rings is 1. The van der Waals surface area contributed by atoms with E-state index >= 15 is 0 Å². The van der Waals surface area contributed by atoms with Crippen LogP contribution in [0.5, 0.6) is 0 Å². The number of hydrogen-bond acceptors (Lipinski definition) is 5. The zero-order valence-electron chi connectivity index (χ0n) is 13.7. The van der Waals surface area contributed by atoms with Gasteiger partial charge in [0.15, 0.2) is 0 Å². The Bertz CT molecular complexity index is 379. The molecule has 0 aromatic heterocycles. The van der Waals surface area contributed by atoms with Crippen molar-refractivity contribution in [3.63, 3.8) is 0 Å². The fourth-order valence-corrected chi connectivity index (χ4v) is 2.35. The lowest BCUT2D eigenvalue weighted by molar-refractivity contribution is -0.146. The highest BCUT2D eigenvalue weighted by Gasteiger charge is 2.26. The first kappa shape index (κ1) is 19.6. The molecule has 1 N–H and O–H groups in total. The molecule has 7 heteroatoms. The third-order valence-corrected chi connectivity index (χ3v) is 3.98. The normalized spacial score (nSPS) is 17.0. The molecule has 0 spiro atoms. The second-order valence-corrected chi connectivity index (χ2v) is 5.87. The van der Waals surface area contributed by atoms with E-state index in [9.17, 15) is 14.4 Å². The lowest BCUT2D eigenvalue weighted by Gasteiger charge is -2.30. The number of amides is 1. The minimum absolute atomic E-state index is 0.00886. The van der Waals surface area contributed by atoms with Gasteiger partial charge in [0.05, 0.1) is 32.2 Å². The lowest BCUT2D eigenvalue weighted by Crippen LogP contribution is -2.40. The van der Waals surface area contributed by atoms with Crippen LogP contribution in [0.1, 0.15) is 32.6 Å². The van der Waals surface area contributed by atoms with Gasteiger partial charge in [-0.05, 0) is 19.3 Å². The summed E-state index contributed by atoms with van der Waals surface area (Å²) >= 11 is 0. The largest absolute Gasteiger partial charge is 0.481 e. The number of hydrogen-bond donors (Lipinski definition) is 1. The van der Waals surface area contributed by atoms with E-state index in [0.717, 1.165) is 6.29 Å². The molecule has 0 aromatic rings. The SMILES string of the molecule is C[C@H](C=O)CCOCCOCCC(=O)N1CCC(C(=O)O)CC1. The van der Waals surface area contributed by atoms with E-state index in [1.165, 1.54) is 0 Å². The molecule has 132 valence electrons. The Morgan fingerprint density at radius 2 is 1.78 bits per heavy atom. The van der Waals surface area contributed by atoms with Crippen molar-refractivity contribution in [3.8, 4) is 0 Å². The van der Waals surface area contributed by atoms with Crippen molar-refractivity contribution in [2.75, 3.05) is 39.5 Å². The van der Waals surface area contributed by atoms with E-state index in [2.05, 4.69) is 0 Å². The summed E-state index contributed by atoms with van der Waals surface area (Å²) in [7, 11) is 0. The maximum Gasteiger partial charge on any atom is 0.306 e. The number of likely N-dealkylation sites (tertiary alicyclic amines) is 1. The van der Waals surface area contributed by atoms with Crippen LogP contribution >= 0.6 is 0 Å². The van der Waals surface area contributed by atoms with Crippen molar-refractivity contribution in [2.45, 2.75) is 32.6 Å². The fourth-order valence-electron chi connectivity index (χ4n) is 2.35. The highest BCUT2D eigenvalue weighted by atomic mass is 16.5. The molecule has 1 aliphatic heterocycles. The fraction of sp³-hybridized carbons (Fsp3) is 0.812. The van der Waals surface area contributed by atoms with E-state index in [1.807, 2.05) is 6.92 Å². The van der Waals surface area contributed by atoms with Crippen LogP contribution in [0.4, 0.5) is 0 Å². The highest BCUT2D eigenvalue weighted by Crippen LogP contribution is 2.17. The van der Waals surface area contributed by atoms with E-state index < -0.39 is 5.97 Å². The van der Waals surface area contributed by atoms with Crippen molar-refractivity contribution < 1.29 is 29.0 Å². The molecule has 1 atom stereocenters. The Labute approximate surface area is 136 Å². The summed E-state index contributed by atoms with van der Waals surface area (Å²) in [5, 5.41) is 8.92. The monoisotopic (exact) mass is 329 g/mol. The van der Waals surface area contributed by atoms with Crippen LogP contribution < -0.4 is 0 Å². The van der Waals surface area contributed by atoms with Gasteiger partial charge in [0.2, 0.25) is 5.91 Å². The first-order valence-corrected chi connectivity index (χ1v) is 8.16. The summed E-state index contributed by atoms with van der Waals surface area (Å²) in [5.41, 5.74) is 0. The van der Waals surface area contributed by atoms with Gasteiger partial charge in [-0.25, -0.2) is 0 Å². The topological polar surface area (TPSA) is 93.1 Å². The second kappa shape index (κ2) is 11.1. The van der Waals surface area contributed by atoms with Gasteiger partial charge >= 0.3 is 5.97 Å². The van der Waals surface area contributed by atoms with Crippen LogP contribution in [0.25, 0.3) is 0 Å². The number of rotatable bonds is 11. The van der Waals surface area contributed by atoms with Gasteiger partial charge in [-0.1, -0.05) is 6.92 Å². The standard InChI is InChI=1S/C16H27NO6/c1-13(12-18)4-8-22-10-11-23-9-5-15(19)17-6-2-14(3-7-17)16(20)21/h12-14H,2-11H2,1H3,(H,20,21)/t13-/m0/s1. The molecule has 1 aliphatic rings. The first-order chi connectivity index (χ1) is 11.0. The zero-order chi connectivity index (χ0) is 17.1. The van der Waals surface area contributed by atoms with Crippen LogP contribution in [0.3, 0.4) is 0 Å². The number of carboxylic acids is 1. The van der Waals surface area contributed by atoms with Crippen molar-refractivity contribution in [1.82, 2.24) is 4.90 Å². The molecular weight excluding hydrogens is 302 g/mol. The van der Waals surface area contributed by atoms with Crippen LogP contribution in [0, 0.1) is 11.8 Å². The van der Waals surface area contributed by atoms with Gasteiger partial charge in [0.1, 0.15) is 6.29 Å². The molecule has 23 heavy (non-hydrogen) atoms. The van der Waals surface area contributed by atoms with E-state index in [0.29, 0.717) is 65.2 Å². The van der Waals surface area contributed by atoms with E-state index in [4.69, 9.17) is 14.6 Å². The molecule has 1 amide bonds. The molecule has 0 unspecified atom stereocenters. The maximum absolute atomic E-state index is 12.0. The maximum atomic E-state index is 12.0. The molecule has 1 fully saturated rings. The average Bonchev–Trinajstić information content (AvgIpc) is 2.56. The second-order valence-electron chi connectivity index (χ2n) is 5.87. The third kappa shape index (κ3) is 8.08. The Hall–Kier alpha value is -1.47. The van der Waals surface area contributed by atoms with Gasteiger partial charge in [-0.15, -0.1) is 0 Å². The molecule has 0 aliphatic carbocycles. The van der Waals surface area contributed by atoms with Gasteiger partial charge in [-0.3, -0.25) is 9.59 Å². The number of aldehydes is 1. The summed E-state index contributed by atoms with van der Waals surface area (Å²) in [6, 6.07) is 0. The van der Waals surface area contributed by atoms with E-state index in [1.54, 1.807) is 4.90 Å². The molecule has 0 saturated carbocycles. The Balaban J connectivity index is 1.98. The Morgan fingerprint density at radius 1 is 1.17 bits per heavy atom. The quantitative estimate of drug-likeness (QED) is 0.448. The smallest absolute Gasteiger partial charge is 0.306 e. The molecule has 7 nitrogen and oxygen atoms in total. The minimum atomic E-state index is -0.775. The number of carbonyl (C=O) groups is 3. The van der Waals surface area contributed by atoms with Crippen molar-refractivity contribution in [1.29, 1.82) is 0 Å². The molecule has 0 bridgehead atoms. The van der Waals surface area contributed by atoms with Gasteiger partial charge in [0.25, 0.3) is 0 Å². The Kier molecular flexibility index (Phi) is 9.47. The molecule has 0 aromatic carbocycles. The summed E-state index contributed by atoms with van der Waals surface area (Å²) < 4.78 is 10.7. The predicted molar refractivity (Wildman–Crippen MR) is 83.0 cm³/mol.